The minimum atomic E-state index is -5.11. The van der Waals surface area contributed by atoms with Crippen molar-refractivity contribution in [2.45, 2.75) is 75.6 Å². The smallest absolute Gasteiger partial charge is 0.497 e. The van der Waals surface area contributed by atoms with Crippen molar-refractivity contribution >= 4 is 84.8 Å². The van der Waals surface area contributed by atoms with Crippen LogP contribution in [-0.4, -0.2) is 109 Å². The Labute approximate surface area is 570 Å². The number of hydrogen-bond acceptors (Lipinski definition) is 22. The van der Waals surface area contributed by atoms with Gasteiger partial charge in [0.2, 0.25) is 11.9 Å². The molecular weight excluding hydrogens is 1350 g/mol. The van der Waals surface area contributed by atoms with Crippen LogP contribution in [0, 0.1) is 17.2 Å². The first-order chi connectivity index (χ1) is 47.4. The number of fused-ring (bicyclic) bond motifs is 2. The lowest BCUT2D eigenvalue weighted by Crippen LogP contribution is -2.38. The highest BCUT2D eigenvalue weighted by Crippen LogP contribution is 2.57. The monoisotopic (exact) mass is 1410 g/mol. The fourth-order valence-electron chi connectivity index (χ4n) is 11.0. The molecule has 31 heteroatoms. The first kappa shape index (κ1) is 68.5. The number of aromatic nitrogens is 8. The van der Waals surface area contributed by atoms with Gasteiger partial charge in [0.05, 0.1) is 59.2 Å². The lowest BCUT2D eigenvalue weighted by molar-refractivity contribution is -0.119. The molecule has 2 saturated heterocycles. The van der Waals surface area contributed by atoms with Crippen LogP contribution in [0.1, 0.15) is 72.6 Å². The molecule has 4 aromatic heterocycles. The number of amides is 2. The Balaban J connectivity index is 0.931. The molecule has 6 heterocycles. The minimum Gasteiger partial charge on any atom is -0.497 e. The number of hydrogen-bond donors (Lipinski definition) is 3. The number of nitrogens with one attached hydrogen (secondary N) is 3. The molecule has 10 aromatic rings. The van der Waals surface area contributed by atoms with Crippen LogP contribution in [0.4, 0.5) is 11.8 Å². The Hall–Kier alpha value is -9.39. The SMILES string of the molecule is COc1ccc(C(OC[C@H]2O[C@@H](n3cnc4c(NC(=O)c5ccccc5)ncnc43)C[C@@H]2OP(=O)(OC[C@H]2O[C@@H](n3cnc4c(=O)[nH]c(NC(=O)C(C)C)nc43)C[C@@H]2OP(=O)(OCCC#N)Oc2ccc(Cl)cc2)Oc2ccc(Cl)cc2)(c2ccccc2)c2ccc(OC)cc2)cc1. The predicted octanol–water partition coefficient (Wildman–Crippen LogP) is 12.8. The number of methoxy groups -OCH3 is 2. The molecule has 2 unspecified atom stereocenters. The number of imidazole rings is 2. The Kier molecular flexibility index (Phi) is 21.1. The topological polar surface area (TPSA) is 325 Å². The van der Waals surface area contributed by atoms with Crippen molar-refractivity contribution in [1.29, 1.82) is 5.26 Å². The van der Waals surface area contributed by atoms with Gasteiger partial charge in [-0.15, -0.1) is 0 Å². The number of H-pyrrole nitrogens is 1. The van der Waals surface area contributed by atoms with E-state index in [1.54, 1.807) is 63.0 Å². The first-order valence-electron chi connectivity index (χ1n) is 30.7. The lowest BCUT2D eigenvalue weighted by Gasteiger charge is -2.37. The van der Waals surface area contributed by atoms with E-state index in [0.29, 0.717) is 43.8 Å². The summed E-state index contributed by atoms with van der Waals surface area (Å²) in [5, 5.41) is 15.6. The minimum absolute atomic E-state index is 0.0168. The molecule has 0 spiro atoms. The van der Waals surface area contributed by atoms with Crippen molar-refractivity contribution in [3.63, 3.8) is 0 Å². The highest BCUT2D eigenvalue weighted by atomic mass is 35.5. The molecule has 12 rings (SSSR count). The number of carbonyl (C=O) groups excluding carboxylic acids is 2. The molecule has 0 bridgehead atoms. The summed E-state index contributed by atoms with van der Waals surface area (Å²) in [5.74, 6) is -0.262. The molecule has 2 amide bonds. The number of aromatic amines is 1. The zero-order valence-electron chi connectivity index (χ0n) is 52.8. The van der Waals surface area contributed by atoms with Crippen LogP contribution in [0.2, 0.25) is 10.0 Å². The molecule has 2 fully saturated rings. The number of phosphoric ester groups is 2. The maximum Gasteiger partial charge on any atom is 0.530 e. The van der Waals surface area contributed by atoms with Gasteiger partial charge in [-0.3, -0.25) is 51.9 Å². The number of nitrogens with zero attached hydrogens (tertiary/aromatic N) is 8. The van der Waals surface area contributed by atoms with Crippen LogP contribution in [0.3, 0.4) is 0 Å². The average molecular weight is 1410 g/mol. The van der Waals surface area contributed by atoms with Crippen LogP contribution in [0.25, 0.3) is 22.3 Å². The van der Waals surface area contributed by atoms with Crippen molar-refractivity contribution in [2.24, 2.45) is 5.92 Å². The summed E-state index contributed by atoms with van der Waals surface area (Å²) in [4.78, 5) is 64.9. The number of rotatable bonds is 28. The molecule has 0 saturated carbocycles. The van der Waals surface area contributed by atoms with E-state index in [1.807, 2.05) is 84.9 Å². The second kappa shape index (κ2) is 30.2. The quantitative estimate of drug-likeness (QED) is 0.0233. The molecule has 0 aliphatic carbocycles. The van der Waals surface area contributed by atoms with Gasteiger partial charge in [0.25, 0.3) is 11.5 Å². The van der Waals surface area contributed by atoms with Gasteiger partial charge in [0.15, 0.2) is 28.1 Å². The molecule has 506 valence electrons. The second-order valence-electron chi connectivity index (χ2n) is 22.6. The maximum absolute atomic E-state index is 16.3. The van der Waals surface area contributed by atoms with Gasteiger partial charge in [-0.05, 0) is 102 Å². The second-order valence-corrected chi connectivity index (χ2v) is 26.6. The predicted molar refractivity (Wildman–Crippen MR) is 358 cm³/mol. The van der Waals surface area contributed by atoms with Crippen LogP contribution in [0.5, 0.6) is 23.0 Å². The van der Waals surface area contributed by atoms with Crippen LogP contribution >= 0.6 is 38.8 Å². The number of benzene rings is 6. The molecule has 6 aromatic carbocycles. The molecule has 8 atom stereocenters. The number of phosphoric acid groups is 2. The van der Waals surface area contributed by atoms with Crippen LogP contribution in [-0.2, 0) is 51.8 Å². The molecular formula is C67H63Cl2N11O16P2. The van der Waals surface area contributed by atoms with E-state index in [9.17, 15) is 19.6 Å². The number of anilines is 2. The zero-order valence-corrected chi connectivity index (χ0v) is 56.1. The van der Waals surface area contributed by atoms with Crippen molar-refractivity contribution in [2.75, 3.05) is 44.7 Å². The maximum atomic E-state index is 16.3. The van der Waals surface area contributed by atoms with E-state index >= 15 is 9.13 Å². The van der Waals surface area contributed by atoms with Crippen molar-refractivity contribution in [3.8, 4) is 29.1 Å². The molecule has 2 aliphatic rings. The van der Waals surface area contributed by atoms with Gasteiger partial charge in [-0.1, -0.05) is 110 Å². The van der Waals surface area contributed by atoms with E-state index in [0.717, 1.165) is 0 Å². The molecule has 3 N–H and O–H groups in total. The van der Waals surface area contributed by atoms with Crippen molar-refractivity contribution in [1.82, 2.24) is 39.0 Å². The van der Waals surface area contributed by atoms with Crippen LogP contribution < -0.4 is 34.7 Å². The Morgan fingerprint density at radius 3 is 1.71 bits per heavy atom. The number of nitriles is 1. The summed E-state index contributed by atoms with van der Waals surface area (Å²) < 4.78 is 104. The summed E-state index contributed by atoms with van der Waals surface area (Å²) in [5.41, 5.74) is 0.635. The number of halogens is 2. The van der Waals surface area contributed by atoms with Gasteiger partial charge in [0, 0.05) is 34.4 Å². The third-order valence-electron chi connectivity index (χ3n) is 15.9. The molecule has 98 heavy (non-hydrogen) atoms. The summed E-state index contributed by atoms with van der Waals surface area (Å²) in [6.07, 6.45) is -4.01. The normalized spacial score (nSPS) is 19.0. The molecule has 2 aliphatic heterocycles. The third-order valence-corrected chi connectivity index (χ3v) is 19.3. The Morgan fingerprint density at radius 2 is 1.16 bits per heavy atom. The van der Waals surface area contributed by atoms with E-state index in [1.165, 1.54) is 72.1 Å². The van der Waals surface area contributed by atoms with E-state index in [-0.39, 0.29) is 71.5 Å². The zero-order chi connectivity index (χ0) is 68.6. The van der Waals surface area contributed by atoms with Gasteiger partial charge in [-0.25, -0.2) is 29.1 Å². The fraction of sp³-hybridized carbons (Fsp3) is 0.269. The highest BCUT2D eigenvalue weighted by Gasteiger charge is 2.50. The van der Waals surface area contributed by atoms with Crippen molar-refractivity contribution < 1.29 is 69.5 Å². The summed E-state index contributed by atoms with van der Waals surface area (Å²) >= 11 is 12.6. The lowest BCUT2D eigenvalue weighted by atomic mass is 9.80. The van der Waals surface area contributed by atoms with E-state index in [4.69, 9.17) is 74.0 Å². The number of carbonyl (C=O) groups is 2. The summed E-state index contributed by atoms with van der Waals surface area (Å²) in [7, 11) is -6.76. The molecule has 27 nitrogen and oxygen atoms in total. The largest absolute Gasteiger partial charge is 0.530 e. The van der Waals surface area contributed by atoms with Gasteiger partial charge < -0.3 is 38.0 Å². The van der Waals surface area contributed by atoms with Crippen LogP contribution in [0.15, 0.2) is 182 Å². The van der Waals surface area contributed by atoms with E-state index in [2.05, 4.69) is 40.5 Å². The third kappa shape index (κ3) is 15.5. The average Bonchev–Trinajstić information content (AvgIpc) is 0.822. The molecule has 0 radical (unpaired) electrons. The van der Waals surface area contributed by atoms with E-state index < -0.39 is 94.6 Å². The van der Waals surface area contributed by atoms with Gasteiger partial charge in [0.1, 0.15) is 71.8 Å². The fourth-order valence-corrected chi connectivity index (χ4v) is 14.1. The Bertz CT molecular complexity index is 4600. The van der Waals surface area contributed by atoms with Crippen molar-refractivity contribution in [3.05, 3.63) is 219 Å². The summed E-state index contributed by atoms with van der Waals surface area (Å²) in [6, 6.07) is 46.6. The first-order valence-corrected chi connectivity index (χ1v) is 34.3. The Morgan fingerprint density at radius 1 is 0.653 bits per heavy atom. The van der Waals surface area contributed by atoms with Gasteiger partial charge in [-0.2, -0.15) is 10.2 Å². The standard InChI is InChI=1S/C67H63Cl2N11O16P2/c1-41(2)63(81)77-66-76-62-59(65(83)78-66)74-40-80(62)57-35-53(95-97(84,89-33-11-32-70)93-50-28-20-46(68)21-29-50)55(92-57)37-90-98(85,94-51-30-22-47(69)23-31-51)96-52-34-56(79-39-73-58-60(71-38-72-61(58)79)75-64(82)42-12-7-5-8-13-42)91-54(52)36-88-67(43-14-9-6-10-15-43,44-16-24-48(86-3)25-17-44)45-18-26-49(87-4)27-19-45/h5-10,12-31,38-41,52-57H,11,33-37H2,1-4H3,(H,71,72,75,82)(H2,76,77,78,81,83)/t52-,53-,54+,55+,56+,57+,97?,98?/m0/s1. The number of ether oxygens (including phenoxy) is 5. The highest BCUT2D eigenvalue weighted by molar-refractivity contribution is 7.49. The van der Waals surface area contributed by atoms with Gasteiger partial charge >= 0.3 is 15.6 Å². The summed E-state index contributed by atoms with van der Waals surface area (Å²) in [6.45, 7) is 1.89.